The van der Waals surface area contributed by atoms with E-state index in [1.165, 1.54) is 0 Å². The van der Waals surface area contributed by atoms with Gasteiger partial charge in [0.25, 0.3) is 0 Å². The van der Waals surface area contributed by atoms with Gasteiger partial charge in [0.1, 0.15) is 11.4 Å². The van der Waals surface area contributed by atoms with Gasteiger partial charge in [-0.25, -0.2) is 4.98 Å². The second-order valence-electron chi connectivity index (χ2n) is 6.68. The Morgan fingerprint density at radius 2 is 1.90 bits per heavy atom. The van der Waals surface area contributed by atoms with Gasteiger partial charge in [0.05, 0.1) is 17.3 Å². The molecule has 2 aliphatic rings. The fourth-order valence-electron chi connectivity index (χ4n) is 2.13. The minimum Gasteiger partial charge on any atom is -0.488 e. The summed E-state index contributed by atoms with van der Waals surface area (Å²) in [5.74, 6) is 0.514. The van der Waals surface area contributed by atoms with Crippen molar-refractivity contribution in [1.29, 1.82) is 0 Å². The lowest BCUT2D eigenvalue weighted by molar-refractivity contribution is 0.00578. The Kier molecular flexibility index (Phi) is 3.33. The number of carbonyl (C=O) groups excluding carboxylic acids is 1. The first-order chi connectivity index (χ1) is 9.82. The monoisotopic (exact) mass is 289 g/mol. The second kappa shape index (κ2) is 4.82. The summed E-state index contributed by atoms with van der Waals surface area (Å²) >= 11 is 0. The molecule has 2 fully saturated rings. The highest BCUT2D eigenvalue weighted by atomic mass is 16.7. The van der Waals surface area contributed by atoms with Crippen LogP contribution in [0.4, 0.5) is 0 Å². The molecule has 6 heteroatoms. The van der Waals surface area contributed by atoms with E-state index in [0.717, 1.165) is 18.3 Å². The first-order valence-electron chi connectivity index (χ1n) is 7.30. The van der Waals surface area contributed by atoms with Crippen molar-refractivity contribution < 1.29 is 18.8 Å². The summed E-state index contributed by atoms with van der Waals surface area (Å²) in [6.07, 6.45) is 4.59. The summed E-state index contributed by atoms with van der Waals surface area (Å²) in [6.45, 7) is 8.01. The Labute approximate surface area is 125 Å². The zero-order valence-electron chi connectivity index (χ0n) is 12.9. The van der Waals surface area contributed by atoms with Crippen molar-refractivity contribution in [2.75, 3.05) is 0 Å². The molecule has 1 aromatic heterocycles. The van der Waals surface area contributed by atoms with Crippen molar-refractivity contribution >= 4 is 18.9 Å². The minimum absolute atomic E-state index is 0.207. The molecule has 3 rings (SSSR count). The first-order valence-corrected chi connectivity index (χ1v) is 7.30. The molecule has 1 aliphatic carbocycles. The Balaban J connectivity index is 1.87. The van der Waals surface area contributed by atoms with Crippen LogP contribution < -0.4 is 10.2 Å². The summed E-state index contributed by atoms with van der Waals surface area (Å²) in [7, 11) is -0.496. The number of aromatic nitrogens is 1. The number of nitrogens with zero attached hydrogens (tertiary/aromatic N) is 1. The highest BCUT2D eigenvalue weighted by Crippen LogP contribution is 2.36. The molecule has 0 amide bonds. The fraction of sp³-hybridized carbons (Fsp3) is 0.600. The van der Waals surface area contributed by atoms with Crippen molar-refractivity contribution in [3.63, 3.8) is 0 Å². The van der Waals surface area contributed by atoms with E-state index in [0.29, 0.717) is 17.7 Å². The lowest BCUT2D eigenvalue weighted by Crippen LogP contribution is -2.41. The van der Waals surface area contributed by atoms with Gasteiger partial charge in [-0.2, -0.15) is 0 Å². The zero-order chi connectivity index (χ0) is 15.3. The summed E-state index contributed by atoms with van der Waals surface area (Å²) in [6, 6.07) is 1.80. The molecule has 112 valence electrons. The van der Waals surface area contributed by atoms with E-state index in [1.54, 1.807) is 12.3 Å². The maximum absolute atomic E-state index is 11.1. The van der Waals surface area contributed by atoms with Crippen molar-refractivity contribution in [3.05, 3.63) is 18.0 Å². The molecule has 0 aromatic carbocycles. The normalized spacial score (nSPS) is 23.1. The largest absolute Gasteiger partial charge is 0.496 e. The molecule has 0 atom stereocenters. The van der Waals surface area contributed by atoms with Gasteiger partial charge in [0.2, 0.25) is 0 Å². The SMILES string of the molecule is CC1(C)OB(c2cnc(C=O)c(OC3CC3)c2)OC1(C)C. The topological polar surface area (TPSA) is 57.7 Å². The summed E-state index contributed by atoms with van der Waals surface area (Å²) in [5, 5.41) is 0. The predicted molar refractivity (Wildman–Crippen MR) is 79.0 cm³/mol. The third kappa shape index (κ3) is 2.70. The summed E-state index contributed by atoms with van der Waals surface area (Å²) in [5.41, 5.74) is 0.286. The van der Waals surface area contributed by atoms with E-state index < -0.39 is 18.3 Å². The van der Waals surface area contributed by atoms with Gasteiger partial charge in [-0.1, -0.05) is 0 Å². The Morgan fingerprint density at radius 1 is 1.29 bits per heavy atom. The first kappa shape index (κ1) is 14.5. The highest BCUT2D eigenvalue weighted by molar-refractivity contribution is 6.62. The second-order valence-corrected chi connectivity index (χ2v) is 6.68. The number of ether oxygens (including phenoxy) is 1. The number of rotatable bonds is 4. The molecule has 1 aliphatic heterocycles. The molecular weight excluding hydrogens is 269 g/mol. The maximum atomic E-state index is 11.1. The van der Waals surface area contributed by atoms with Gasteiger partial charge < -0.3 is 14.0 Å². The van der Waals surface area contributed by atoms with Crippen LogP contribution in [0.1, 0.15) is 51.0 Å². The average Bonchev–Trinajstić information content (AvgIpc) is 3.17. The van der Waals surface area contributed by atoms with Gasteiger partial charge in [-0.05, 0) is 46.6 Å². The van der Waals surface area contributed by atoms with Crippen LogP contribution in [0.25, 0.3) is 0 Å². The molecule has 0 spiro atoms. The molecule has 1 saturated heterocycles. The van der Waals surface area contributed by atoms with E-state index in [1.807, 2.05) is 27.7 Å². The molecule has 1 saturated carbocycles. The predicted octanol–water partition coefficient (Wildman–Crippen LogP) is 1.73. The average molecular weight is 289 g/mol. The summed E-state index contributed by atoms with van der Waals surface area (Å²) in [4.78, 5) is 15.2. The zero-order valence-corrected chi connectivity index (χ0v) is 12.9. The Bertz CT molecular complexity index is 553. The quantitative estimate of drug-likeness (QED) is 0.624. The van der Waals surface area contributed by atoms with Crippen LogP contribution in [0.3, 0.4) is 0 Å². The number of aldehydes is 1. The molecule has 21 heavy (non-hydrogen) atoms. The third-order valence-electron chi connectivity index (χ3n) is 4.36. The number of carbonyl (C=O) groups is 1. The number of hydrogen-bond donors (Lipinski definition) is 0. The van der Waals surface area contributed by atoms with Crippen LogP contribution in [0.2, 0.25) is 0 Å². The van der Waals surface area contributed by atoms with Gasteiger partial charge in [-0.3, -0.25) is 4.79 Å². The lowest BCUT2D eigenvalue weighted by Gasteiger charge is -2.32. The van der Waals surface area contributed by atoms with Crippen LogP contribution in [0.5, 0.6) is 5.75 Å². The molecule has 2 heterocycles. The molecule has 0 bridgehead atoms. The summed E-state index contributed by atoms with van der Waals surface area (Å²) < 4.78 is 17.7. The van der Waals surface area contributed by atoms with E-state index in [9.17, 15) is 4.79 Å². The van der Waals surface area contributed by atoms with Crippen molar-refractivity contribution in [2.24, 2.45) is 0 Å². The van der Waals surface area contributed by atoms with Crippen molar-refractivity contribution in [3.8, 4) is 5.75 Å². The van der Waals surface area contributed by atoms with E-state index in [2.05, 4.69) is 4.98 Å². The van der Waals surface area contributed by atoms with Crippen LogP contribution in [-0.4, -0.2) is 35.7 Å². The smallest absolute Gasteiger partial charge is 0.488 e. The van der Waals surface area contributed by atoms with Gasteiger partial charge in [-0.15, -0.1) is 0 Å². The van der Waals surface area contributed by atoms with Gasteiger partial charge >= 0.3 is 7.12 Å². The van der Waals surface area contributed by atoms with E-state index >= 15 is 0 Å². The highest BCUT2D eigenvalue weighted by Gasteiger charge is 2.52. The van der Waals surface area contributed by atoms with Crippen LogP contribution in [0.15, 0.2) is 12.3 Å². The lowest BCUT2D eigenvalue weighted by atomic mass is 9.80. The Hall–Kier alpha value is -1.40. The van der Waals surface area contributed by atoms with Crippen molar-refractivity contribution in [1.82, 2.24) is 4.98 Å². The van der Waals surface area contributed by atoms with Gasteiger partial charge in [0, 0.05) is 11.7 Å². The van der Waals surface area contributed by atoms with Crippen LogP contribution >= 0.6 is 0 Å². The fourth-order valence-corrected chi connectivity index (χ4v) is 2.13. The molecule has 0 unspecified atom stereocenters. The van der Waals surface area contributed by atoms with E-state index in [-0.39, 0.29) is 6.10 Å². The molecule has 0 N–H and O–H groups in total. The molecular formula is C15H20BNO4. The maximum Gasteiger partial charge on any atom is 0.496 e. The molecule has 1 aromatic rings. The number of pyridine rings is 1. The van der Waals surface area contributed by atoms with Gasteiger partial charge in [0.15, 0.2) is 6.29 Å². The molecule has 0 radical (unpaired) electrons. The van der Waals surface area contributed by atoms with Crippen LogP contribution in [0, 0.1) is 0 Å². The Morgan fingerprint density at radius 3 is 2.43 bits per heavy atom. The van der Waals surface area contributed by atoms with Crippen LogP contribution in [-0.2, 0) is 9.31 Å². The standard InChI is InChI=1S/C15H20BNO4/c1-14(2)15(3,4)21-16(20-14)10-7-13(19-11-5-6-11)12(9-18)17-8-10/h7-9,11H,5-6H2,1-4H3. The molecule has 5 nitrogen and oxygen atoms in total. The van der Waals surface area contributed by atoms with E-state index in [4.69, 9.17) is 14.0 Å². The number of hydrogen-bond acceptors (Lipinski definition) is 5. The minimum atomic E-state index is -0.496. The van der Waals surface area contributed by atoms with Crippen molar-refractivity contribution in [2.45, 2.75) is 57.8 Å². The third-order valence-corrected chi connectivity index (χ3v) is 4.36.